The maximum atomic E-state index is 7.10. The molecule has 11 rings (SSSR count). The van der Waals surface area contributed by atoms with Crippen LogP contribution in [0.2, 0.25) is 0 Å². The van der Waals surface area contributed by atoms with Gasteiger partial charge in [0, 0.05) is 33.0 Å². The minimum atomic E-state index is -0.604. The lowest BCUT2D eigenvalue weighted by atomic mass is 9.67. The predicted octanol–water partition coefficient (Wildman–Crippen LogP) is 12.8. The molecule has 0 radical (unpaired) electrons. The van der Waals surface area contributed by atoms with Crippen LogP contribution in [0.3, 0.4) is 0 Å². The quantitative estimate of drug-likeness (QED) is 0.172. The van der Waals surface area contributed by atoms with Crippen molar-refractivity contribution in [2.45, 2.75) is 5.41 Å². The van der Waals surface area contributed by atoms with E-state index in [9.17, 15) is 0 Å². The van der Waals surface area contributed by atoms with Gasteiger partial charge < -0.3 is 4.42 Å². The van der Waals surface area contributed by atoms with Crippen molar-refractivity contribution in [1.29, 1.82) is 0 Å². The Balaban J connectivity index is 1.20. The molecule has 0 bridgehead atoms. The Morgan fingerprint density at radius 1 is 0.375 bits per heavy atom. The zero-order chi connectivity index (χ0) is 37.1. The third-order valence-electron chi connectivity index (χ3n) is 11.2. The number of benzene rings is 8. The van der Waals surface area contributed by atoms with Crippen LogP contribution in [0.1, 0.15) is 22.3 Å². The van der Waals surface area contributed by atoms with Gasteiger partial charge in [0.15, 0.2) is 17.5 Å². The van der Waals surface area contributed by atoms with Gasteiger partial charge in [-0.15, -0.1) is 0 Å². The highest BCUT2D eigenvalue weighted by Gasteiger charge is 2.48. The van der Waals surface area contributed by atoms with Crippen molar-refractivity contribution in [3.05, 3.63) is 222 Å². The van der Waals surface area contributed by atoms with Crippen molar-refractivity contribution < 1.29 is 4.42 Å². The smallest absolute Gasteiger partial charge is 0.164 e. The summed E-state index contributed by atoms with van der Waals surface area (Å²) in [7, 11) is 0. The molecule has 8 aromatic carbocycles. The molecule has 0 spiro atoms. The number of nitrogens with zero attached hydrogens (tertiary/aromatic N) is 3. The van der Waals surface area contributed by atoms with Crippen LogP contribution >= 0.6 is 0 Å². The average Bonchev–Trinajstić information content (AvgIpc) is 3.82. The lowest BCUT2D eigenvalue weighted by molar-refractivity contribution is 0.650. The molecule has 1 aliphatic carbocycles. The Morgan fingerprint density at radius 2 is 0.875 bits per heavy atom. The van der Waals surface area contributed by atoms with E-state index in [4.69, 9.17) is 19.4 Å². The maximum absolute atomic E-state index is 7.10. The number of aromatic nitrogens is 3. The highest BCUT2D eigenvalue weighted by Crippen LogP contribution is 2.60. The van der Waals surface area contributed by atoms with Crippen molar-refractivity contribution >= 4 is 21.9 Å². The van der Waals surface area contributed by atoms with E-state index in [1.807, 2.05) is 60.7 Å². The molecule has 0 saturated carbocycles. The number of hydrogen-bond acceptors (Lipinski definition) is 4. The van der Waals surface area contributed by atoms with E-state index in [1.165, 1.54) is 27.8 Å². The predicted molar refractivity (Wildman–Crippen MR) is 226 cm³/mol. The largest absolute Gasteiger partial charge is 0.456 e. The van der Waals surface area contributed by atoms with E-state index in [0.717, 1.165) is 55.3 Å². The summed E-state index contributed by atoms with van der Waals surface area (Å²) >= 11 is 0. The van der Waals surface area contributed by atoms with Crippen molar-refractivity contribution in [3.8, 4) is 56.4 Å². The van der Waals surface area contributed by atoms with Crippen LogP contribution in [0.4, 0.5) is 0 Å². The topological polar surface area (TPSA) is 51.8 Å². The van der Waals surface area contributed by atoms with Gasteiger partial charge in [-0.3, -0.25) is 0 Å². The molecule has 0 fully saturated rings. The van der Waals surface area contributed by atoms with Gasteiger partial charge in [0.1, 0.15) is 11.2 Å². The number of hydrogen-bond donors (Lipinski definition) is 0. The number of fused-ring (bicyclic) bond motifs is 7. The summed E-state index contributed by atoms with van der Waals surface area (Å²) in [5.74, 6) is 1.89. The second-order valence-electron chi connectivity index (χ2n) is 14.3. The van der Waals surface area contributed by atoms with Crippen LogP contribution in [0.5, 0.6) is 0 Å². The SMILES string of the molecule is c1ccc(-c2nc(-c3ccccc3)nc(-c3cccc(-c4cc5c(c6oc7ccccc7c46)C(c4ccccc4)(c4ccccc4)c4ccccc4-5)c3)n2)cc1. The second-order valence-corrected chi connectivity index (χ2v) is 14.3. The Morgan fingerprint density at radius 3 is 1.52 bits per heavy atom. The Labute approximate surface area is 324 Å². The van der Waals surface area contributed by atoms with E-state index in [0.29, 0.717) is 17.5 Å². The first-order valence-electron chi connectivity index (χ1n) is 18.9. The van der Waals surface area contributed by atoms with E-state index in [2.05, 4.69) is 140 Å². The third kappa shape index (κ3) is 4.89. The lowest BCUT2D eigenvalue weighted by Gasteiger charge is -2.33. The third-order valence-corrected chi connectivity index (χ3v) is 11.2. The molecule has 4 nitrogen and oxygen atoms in total. The monoisotopic (exact) mass is 715 g/mol. The van der Waals surface area contributed by atoms with Crippen LogP contribution < -0.4 is 0 Å². The fraction of sp³-hybridized carbons (Fsp3) is 0.0192. The standard InChI is InChI=1S/C52H33N3O/c1-5-18-34(19-6-1)49-53-50(35-20-7-2-8-21-35)55-51(54-49)37-23-17-22-36(32-37)42-33-43-40-28-13-15-30-44(40)52(38-24-9-3-10-25-38,39-26-11-4-12-27-39)47(43)48-46(42)41-29-14-16-31-45(41)56-48/h1-33H. The molecule has 0 N–H and O–H groups in total. The van der Waals surface area contributed by atoms with Crippen LogP contribution in [0.25, 0.3) is 78.4 Å². The lowest BCUT2D eigenvalue weighted by Crippen LogP contribution is -2.28. The van der Waals surface area contributed by atoms with Crippen LogP contribution in [-0.2, 0) is 5.41 Å². The Bertz CT molecular complexity index is 2970. The summed E-state index contributed by atoms with van der Waals surface area (Å²) in [6, 6.07) is 70.3. The minimum absolute atomic E-state index is 0.604. The molecule has 2 aromatic heterocycles. The summed E-state index contributed by atoms with van der Waals surface area (Å²) in [6.07, 6.45) is 0. The number of para-hydroxylation sites is 1. The molecule has 10 aromatic rings. The summed E-state index contributed by atoms with van der Waals surface area (Å²) in [5, 5.41) is 2.17. The molecule has 1 aliphatic rings. The molecule has 4 heteroatoms. The molecular weight excluding hydrogens is 683 g/mol. The van der Waals surface area contributed by atoms with Crippen LogP contribution in [0.15, 0.2) is 205 Å². The molecule has 0 amide bonds. The van der Waals surface area contributed by atoms with Gasteiger partial charge in [0.2, 0.25) is 0 Å². The first-order chi connectivity index (χ1) is 27.8. The molecule has 0 aliphatic heterocycles. The molecule has 56 heavy (non-hydrogen) atoms. The van der Waals surface area contributed by atoms with Crippen molar-refractivity contribution in [2.24, 2.45) is 0 Å². The first-order valence-corrected chi connectivity index (χ1v) is 18.9. The summed E-state index contributed by atoms with van der Waals surface area (Å²) in [6.45, 7) is 0. The van der Waals surface area contributed by atoms with Gasteiger partial charge in [-0.25, -0.2) is 15.0 Å². The van der Waals surface area contributed by atoms with Gasteiger partial charge in [-0.05, 0) is 57.1 Å². The number of rotatable bonds is 6. The van der Waals surface area contributed by atoms with Gasteiger partial charge in [-0.1, -0.05) is 182 Å². The molecule has 0 unspecified atom stereocenters. The van der Waals surface area contributed by atoms with Crippen molar-refractivity contribution in [3.63, 3.8) is 0 Å². The van der Waals surface area contributed by atoms with Crippen LogP contribution in [-0.4, -0.2) is 15.0 Å². The van der Waals surface area contributed by atoms with E-state index in [-0.39, 0.29) is 0 Å². The molecular formula is C52H33N3O. The van der Waals surface area contributed by atoms with Gasteiger partial charge >= 0.3 is 0 Å². The second kappa shape index (κ2) is 12.9. The fourth-order valence-electron chi connectivity index (χ4n) is 8.80. The van der Waals surface area contributed by atoms with Crippen molar-refractivity contribution in [1.82, 2.24) is 15.0 Å². The zero-order valence-corrected chi connectivity index (χ0v) is 30.3. The maximum Gasteiger partial charge on any atom is 0.164 e. The van der Waals surface area contributed by atoms with Crippen LogP contribution in [0, 0.1) is 0 Å². The van der Waals surface area contributed by atoms with E-state index >= 15 is 0 Å². The molecule has 0 saturated heterocycles. The summed E-state index contributed by atoms with van der Waals surface area (Å²) < 4.78 is 7.10. The molecule has 0 atom stereocenters. The Hall–Kier alpha value is -7.43. The highest BCUT2D eigenvalue weighted by atomic mass is 16.3. The summed E-state index contributed by atoms with van der Waals surface area (Å²) in [4.78, 5) is 15.1. The van der Waals surface area contributed by atoms with Gasteiger partial charge in [0.25, 0.3) is 0 Å². The van der Waals surface area contributed by atoms with Gasteiger partial charge in [-0.2, -0.15) is 0 Å². The average molecular weight is 716 g/mol. The minimum Gasteiger partial charge on any atom is -0.456 e. The Kier molecular flexibility index (Phi) is 7.36. The fourth-order valence-corrected chi connectivity index (χ4v) is 8.80. The zero-order valence-electron chi connectivity index (χ0n) is 30.3. The molecule has 262 valence electrons. The first kappa shape index (κ1) is 32.0. The van der Waals surface area contributed by atoms with Gasteiger partial charge in [0.05, 0.1) is 5.41 Å². The van der Waals surface area contributed by atoms with E-state index < -0.39 is 5.41 Å². The summed E-state index contributed by atoms with van der Waals surface area (Å²) in [5.41, 5.74) is 13.3. The molecule has 2 heterocycles. The van der Waals surface area contributed by atoms with Crippen molar-refractivity contribution in [2.75, 3.05) is 0 Å². The number of furan rings is 1. The highest BCUT2D eigenvalue weighted by molar-refractivity contribution is 6.17. The normalized spacial score (nSPS) is 12.8. The van der Waals surface area contributed by atoms with E-state index in [1.54, 1.807) is 0 Å².